The summed E-state index contributed by atoms with van der Waals surface area (Å²) in [5.41, 5.74) is 2.54. The van der Waals surface area contributed by atoms with E-state index < -0.39 is 0 Å². The number of aromatic nitrogens is 2. The lowest BCUT2D eigenvalue weighted by Crippen LogP contribution is -2.21. The average Bonchev–Trinajstić information content (AvgIpc) is 2.71. The van der Waals surface area contributed by atoms with Crippen molar-refractivity contribution in [2.75, 3.05) is 28.6 Å². The molecule has 1 heterocycles. The molecule has 1 amide bonds. The van der Waals surface area contributed by atoms with Crippen molar-refractivity contribution >= 4 is 28.8 Å². The molecule has 7 heteroatoms. The molecule has 28 heavy (non-hydrogen) atoms. The zero-order valence-corrected chi connectivity index (χ0v) is 15.8. The number of carbonyl (C=O) groups is 1. The fraction of sp³-hybridized carbons (Fsp3) is 0.190. The molecule has 1 aromatic heterocycles. The Kier molecular flexibility index (Phi) is 6.16. The SMILES string of the molecule is CCN(CC)c1ccc(NC(=O)c2ccc(Nc3cccc(F)c3)nn2)cc1. The van der Waals surface area contributed by atoms with Crippen LogP contribution in [-0.2, 0) is 0 Å². The number of nitrogens with zero attached hydrogens (tertiary/aromatic N) is 3. The minimum atomic E-state index is -0.347. The van der Waals surface area contributed by atoms with Gasteiger partial charge in [0.15, 0.2) is 11.5 Å². The van der Waals surface area contributed by atoms with Crippen LogP contribution in [0.25, 0.3) is 0 Å². The molecule has 2 aromatic carbocycles. The van der Waals surface area contributed by atoms with Crippen molar-refractivity contribution in [3.63, 3.8) is 0 Å². The Hall–Kier alpha value is -3.48. The Morgan fingerprint density at radius 1 is 0.964 bits per heavy atom. The third kappa shape index (κ3) is 4.82. The van der Waals surface area contributed by atoms with Crippen LogP contribution in [0, 0.1) is 5.82 Å². The van der Waals surface area contributed by atoms with Gasteiger partial charge in [-0.15, -0.1) is 10.2 Å². The van der Waals surface area contributed by atoms with Gasteiger partial charge in [-0.3, -0.25) is 4.79 Å². The molecular formula is C21H22FN5O. The Morgan fingerprint density at radius 2 is 1.71 bits per heavy atom. The monoisotopic (exact) mass is 379 g/mol. The molecule has 2 N–H and O–H groups in total. The van der Waals surface area contributed by atoms with Gasteiger partial charge in [-0.2, -0.15) is 0 Å². The molecule has 3 rings (SSSR count). The second kappa shape index (κ2) is 8.94. The van der Waals surface area contributed by atoms with Crippen molar-refractivity contribution in [3.05, 3.63) is 72.2 Å². The first-order chi connectivity index (χ1) is 13.6. The summed E-state index contributed by atoms with van der Waals surface area (Å²) in [6.45, 7) is 6.05. The van der Waals surface area contributed by atoms with Gasteiger partial charge >= 0.3 is 0 Å². The Labute approximate surface area is 163 Å². The first kappa shape index (κ1) is 19.3. The first-order valence-corrected chi connectivity index (χ1v) is 9.11. The fourth-order valence-electron chi connectivity index (χ4n) is 2.77. The topological polar surface area (TPSA) is 70.2 Å². The fourth-order valence-corrected chi connectivity index (χ4v) is 2.77. The van der Waals surface area contributed by atoms with Crippen LogP contribution in [0.3, 0.4) is 0 Å². The molecular weight excluding hydrogens is 357 g/mol. The number of rotatable bonds is 7. The van der Waals surface area contributed by atoms with E-state index in [1.807, 2.05) is 24.3 Å². The molecule has 0 saturated carbocycles. The zero-order chi connectivity index (χ0) is 19.9. The van der Waals surface area contributed by atoms with E-state index in [-0.39, 0.29) is 17.4 Å². The van der Waals surface area contributed by atoms with Crippen LogP contribution in [0.15, 0.2) is 60.7 Å². The highest BCUT2D eigenvalue weighted by Crippen LogP contribution is 2.19. The summed E-state index contributed by atoms with van der Waals surface area (Å²) in [5.74, 6) is -0.271. The van der Waals surface area contributed by atoms with E-state index in [1.54, 1.807) is 24.3 Å². The van der Waals surface area contributed by atoms with Crippen LogP contribution in [-0.4, -0.2) is 29.2 Å². The quantitative estimate of drug-likeness (QED) is 0.634. The van der Waals surface area contributed by atoms with Crippen LogP contribution < -0.4 is 15.5 Å². The summed E-state index contributed by atoms with van der Waals surface area (Å²) < 4.78 is 13.2. The maximum Gasteiger partial charge on any atom is 0.276 e. The van der Waals surface area contributed by atoms with Crippen LogP contribution in [0.4, 0.5) is 27.3 Å². The number of carbonyl (C=O) groups excluding carboxylic acids is 1. The molecule has 144 valence electrons. The third-order valence-corrected chi connectivity index (χ3v) is 4.25. The molecule has 3 aromatic rings. The first-order valence-electron chi connectivity index (χ1n) is 9.11. The lowest BCUT2D eigenvalue weighted by molar-refractivity contribution is 0.102. The number of amides is 1. The van der Waals surface area contributed by atoms with Gasteiger partial charge in [0.05, 0.1) is 0 Å². The third-order valence-electron chi connectivity index (χ3n) is 4.25. The van der Waals surface area contributed by atoms with Gasteiger partial charge in [0, 0.05) is 30.2 Å². The van der Waals surface area contributed by atoms with Crippen molar-refractivity contribution in [1.29, 1.82) is 0 Å². The van der Waals surface area contributed by atoms with Crippen LogP contribution in [0.5, 0.6) is 0 Å². The van der Waals surface area contributed by atoms with Crippen molar-refractivity contribution in [2.45, 2.75) is 13.8 Å². The molecule has 0 atom stereocenters. The normalized spacial score (nSPS) is 10.4. The molecule has 0 bridgehead atoms. The molecule has 0 unspecified atom stereocenters. The summed E-state index contributed by atoms with van der Waals surface area (Å²) in [4.78, 5) is 14.6. The van der Waals surface area contributed by atoms with E-state index in [0.717, 1.165) is 18.8 Å². The molecule has 0 saturated heterocycles. The Balaban J connectivity index is 1.63. The second-order valence-corrected chi connectivity index (χ2v) is 6.11. The molecule has 0 fully saturated rings. The van der Waals surface area contributed by atoms with Crippen molar-refractivity contribution in [3.8, 4) is 0 Å². The van der Waals surface area contributed by atoms with Gasteiger partial charge in [0.25, 0.3) is 5.91 Å². The predicted octanol–water partition coefficient (Wildman–Crippen LogP) is 4.46. The molecule has 0 spiro atoms. The van der Waals surface area contributed by atoms with Gasteiger partial charge in [0.1, 0.15) is 5.82 Å². The highest BCUT2D eigenvalue weighted by Gasteiger charge is 2.10. The number of halogens is 1. The Bertz CT molecular complexity index is 924. The molecule has 6 nitrogen and oxygen atoms in total. The van der Waals surface area contributed by atoms with Gasteiger partial charge in [-0.05, 0) is 68.4 Å². The van der Waals surface area contributed by atoms with Gasteiger partial charge < -0.3 is 15.5 Å². The number of benzene rings is 2. The number of nitrogens with one attached hydrogen (secondary N) is 2. The van der Waals surface area contributed by atoms with Crippen molar-refractivity contribution in [1.82, 2.24) is 10.2 Å². The number of hydrogen-bond acceptors (Lipinski definition) is 5. The van der Waals surface area contributed by atoms with E-state index in [0.29, 0.717) is 17.2 Å². The van der Waals surface area contributed by atoms with Gasteiger partial charge in [-0.25, -0.2) is 4.39 Å². The smallest absolute Gasteiger partial charge is 0.276 e. The summed E-state index contributed by atoms with van der Waals surface area (Å²) in [7, 11) is 0. The lowest BCUT2D eigenvalue weighted by atomic mass is 10.2. The van der Waals surface area contributed by atoms with E-state index in [1.165, 1.54) is 12.1 Å². The maximum absolute atomic E-state index is 13.2. The van der Waals surface area contributed by atoms with Crippen LogP contribution in [0.1, 0.15) is 24.3 Å². The standard InChI is InChI=1S/C21H22FN5O/c1-3-27(4-2)18-10-8-16(9-11-18)24-21(28)19-12-13-20(26-25-19)23-17-7-5-6-15(22)14-17/h5-14H,3-4H2,1-2H3,(H,23,26)(H,24,28). The lowest BCUT2D eigenvalue weighted by Gasteiger charge is -2.21. The molecule has 0 aliphatic carbocycles. The van der Waals surface area contributed by atoms with Crippen molar-refractivity contribution < 1.29 is 9.18 Å². The van der Waals surface area contributed by atoms with Gasteiger partial charge in [-0.1, -0.05) is 6.07 Å². The van der Waals surface area contributed by atoms with Crippen LogP contribution >= 0.6 is 0 Å². The Morgan fingerprint density at radius 3 is 2.32 bits per heavy atom. The minimum Gasteiger partial charge on any atom is -0.372 e. The summed E-state index contributed by atoms with van der Waals surface area (Å²) in [6, 6.07) is 16.9. The molecule has 0 aliphatic rings. The number of hydrogen-bond donors (Lipinski definition) is 2. The highest BCUT2D eigenvalue weighted by atomic mass is 19.1. The van der Waals surface area contributed by atoms with E-state index in [9.17, 15) is 9.18 Å². The summed E-state index contributed by atoms with van der Waals surface area (Å²) >= 11 is 0. The van der Waals surface area contributed by atoms with Crippen molar-refractivity contribution in [2.24, 2.45) is 0 Å². The molecule has 0 aliphatic heterocycles. The van der Waals surface area contributed by atoms with Gasteiger partial charge in [0.2, 0.25) is 0 Å². The van der Waals surface area contributed by atoms with Crippen LogP contribution in [0.2, 0.25) is 0 Å². The molecule has 0 radical (unpaired) electrons. The summed E-state index contributed by atoms with van der Waals surface area (Å²) in [6.07, 6.45) is 0. The van der Waals surface area contributed by atoms with E-state index >= 15 is 0 Å². The van der Waals surface area contributed by atoms with E-state index in [4.69, 9.17) is 0 Å². The minimum absolute atomic E-state index is 0.192. The number of anilines is 4. The van der Waals surface area contributed by atoms with E-state index in [2.05, 4.69) is 39.6 Å². The zero-order valence-electron chi connectivity index (χ0n) is 15.8. The predicted molar refractivity (Wildman–Crippen MR) is 110 cm³/mol. The second-order valence-electron chi connectivity index (χ2n) is 6.11. The summed E-state index contributed by atoms with van der Waals surface area (Å²) in [5, 5.41) is 13.7. The average molecular weight is 379 g/mol. The largest absolute Gasteiger partial charge is 0.372 e. The maximum atomic E-state index is 13.2. The highest BCUT2D eigenvalue weighted by molar-refractivity contribution is 6.02.